The van der Waals surface area contributed by atoms with Gasteiger partial charge in [0.15, 0.2) is 0 Å². The first kappa shape index (κ1) is 17.2. The Kier molecular flexibility index (Phi) is 7.32. The summed E-state index contributed by atoms with van der Waals surface area (Å²) in [5, 5.41) is 8.37. The highest BCUT2D eigenvalue weighted by molar-refractivity contribution is 5.53. The molecule has 0 amide bonds. The molecular formula is C19H26N4. The first-order valence-corrected chi connectivity index (χ1v) is 8.66. The lowest BCUT2D eigenvalue weighted by atomic mass is 10.1. The lowest BCUT2D eigenvalue weighted by Crippen LogP contribution is -1.98. The Balaban J connectivity index is 1.69. The Morgan fingerprint density at radius 3 is 2.39 bits per heavy atom. The van der Waals surface area contributed by atoms with Crippen LogP contribution in [0.2, 0.25) is 0 Å². The third-order valence-corrected chi connectivity index (χ3v) is 3.97. The van der Waals surface area contributed by atoms with Crippen LogP contribution >= 0.6 is 0 Å². The average molecular weight is 310 g/mol. The molecule has 0 saturated carbocycles. The molecule has 2 aromatic heterocycles. The second kappa shape index (κ2) is 9.78. The van der Waals surface area contributed by atoms with Gasteiger partial charge in [-0.05, 0) is 18.6 Å². The van der Waals surface area contributed by atoms with E-state index in [1.807, 2.05) is 23.0 Å². The molecule has 23 heavy (non-hydrogen) atoms. The Morgan fingerprint density at radius 2 is 1.74 bits per heavy atom. The molecule has 0 atom stereocenters. The molecule has 0 radical (unpaired) electrons. The zero-order chi connectivity index (χ0) is 16.3. The van der Waals surface area contributed by atoms with E-state index < -0.39 is 0 Å². The van der Waals surface area contributed by atoms with E-state index in [4.69, 9.17) is 6.42 Å². The molecule has 122 valence electrons. The molecule has 0 fully saturated rings. The molecule has 0 N–H and O–H groups in total. The molecule has 4 heteroatoms. The third kappa shape index (κ3) is 5.86. The minimum absolute atomic E-state index is 0.778. The van der Waals surface area contributed by atoms with Crippen LogP contribution in [0.5, 0.6) is 0 Å². The van der Waals surface area contributed by atoms with Gasteiger partial charge in [-0.15, -0.1) is 11.5 Å². The van der Waals surface area contributed by atoms with Crippen molar-refractivity contribution in [3.63, 3.8) is 0 Å². The van der Waals surface area contributed by atoms with Gasteiger partial charge in [-0.1, -0.05) is 63.0 Å². The molecule has 0 spiro atoms. The van der Waals surface area contributed by atoms with Gasteiger partial charge in [0, 0.05) is 18.3 Å². The number of aryl methyl sites for hydroxylation is 1. The summed E-state index contributed by atoms with van der Waals surface area (Å²) in [6, 6.07) is 3.76. The number of unbranched alkanes of at least 4 members (excludes halogenated alkanes) is 7. The summed E-state index contributed by atoms with van der Waals surface area (Å²) in [5.74, 6) is 2.56. The quantitative estimate of drug-likeness (QED) is 0.480. The van der Waals surface area contributed by atoms with E-state index >= 15 is 0 Å². The predicted octanol–water partition coefficient (Wildman–Crippen LogP) is 4.46. The van der Waals surface area contributed by atoms with Gasteiger partial charge in [0.05, 0.1) is 11.9 Å². The molecule has 4 nitrogen and oxygen atoms in total. The number of terminal acetylenes is 1. The van der Waals surface area contributed by atoms with Gasteiger partial charge in [0.25, 0.3) is 0 Å². The number of nitrogens with zero attached hydrogens (tertiary/aromatic N) is 4. The van der Waals surface area contributed by atoms with Gasteiger partial charge in [-0.25, -0.2) is 0 Å². The Labute approximate surface area is 139 Å². The first-order valence-electron chi connectivity index (χ1n) is 8.66. The van der Waals surface area contributed by atoms with E-state index in [2.05, 4.69) is 28.1 Å². The van der Waals surface area contributed by atoms with Crippen LogP contribution < -0.4 is 0 Å². The van der Waals surface area contributed by atoms with Crippen molar-refractivity contribution in [3.8, 4) is 23.7 Å². The standard InChI is InChI=1S/C19H26N4/c1-3-5-6-7-8-9-10-11-14-23-16-19(21-22-23)18-13-12-17(4-2)15-20-18/h2,12-13,15-16H,3,5-11,14H2,1H3. The van der Waals surface area contributed by atoms with Crippen molar-refractivity contribution < 1.29 is 0 Å². The SMILES string of the molecule is C#Cc1ccc(-c2cn(CCCCCCCCCC)nn2)nc1. The smallest absolute Gasteiger partial charge is 0.131 e. The van der Waals surface area contributed by atoms with Crippen molar-refractivity contribution in [2.24, 2.45) is 0 Å². The van der Waals surface area contributed by atoms with Crippen LogP contribution in [0.3, 0.4) is 0 Å². The highest BCUT2D eigenvalue weighted by Crippen LogP contribution is 2.14. The van der Waals surface area contributed by atoms with Gasteiger partial charge in [0.2, 0.25) is 0 Å². The van der Waals surface area contributed by atoms with Crippen molar-refractivity contribution in [1.29, 1.82) is 0 Å². The van der Waals surface area contributed by atoms with Gasteiger partial charge < -0.3 is 0 Å². The Morgan fingerprint density at radius 1 is 1.00 bits per heavy atom. The van der Waals surface area contributed by atoms with Crippen LogP contribution in [0.4, 0.5) is 0 Å². The van der Waals surface area contributed by atoms with Crippen LogP contribution in [-0.4, -0.2) is 20.0 Å². The lowest BCUT2D eigenvalue weighted by Gasteiger charge is -2.01. The van der Waals surface area contributed by atoms with Gasteiger partial charge in [-0.3, -0.25) is 9.67 Å². The zero-order valence-corrected chi connectivity index (χ0v) is 14.0. The Bertz CT molecular complexity index is 607. The van der Waals surface area contributed by atoms with Crippen molar-refractivity contribution in [3.05, 3.63) is 30.1 Å². The first-order chi connectivity index (χ1) is 11.3. The summed E-state index contributed by atoms with van der Waals surface area (Å²) in [6.45, 7) is 3.18. The van der Waals surface area contributed by atoms with Gasteiger partial charge in [0.1, 0.15) is 5.69 Å². The van der Waals surface area contributed by atoms with E-state index in [0.717, 1.165) is 29.9 Å². The maximum absolute atomic E-state index is 5.33. The van der Waals surface area contributed by atoms with Crippen LogP contribution in [0.25, 0.3) is 11.4 Å². The largest absolute Gasteiger partial charge is 0.253 e. The monoisotopic (exact) mass is 310 g/mol. The maximum atomic E-state index is 5.33. The number of hydrogen-bond acceptors (Lipinski definition) is 3. The van der Waals surface area contributed by atoms with Crippen LogP contribution in [0.15, 0.2) is 24.5 Å². The number of pyridine rings is 1. The van der Waals surface area contributed by atoms with Gasteiger partial charge in [-0.2, -0.15) is 0 Å². The van der Waals surface area contributed by atoms with Gasteiger partial charge >= 0.3 is 0 Å². The molecule has 0 unspecified atom stereocenters. The molecule has 0 aliphatic rings. The number of aromatic nitrogens is 4. The molecule has 0 bridgehead atoms. The van der Waals surface area contributed by atoms with E-state index in [-0.39, 0.29) is 0 Å². The third-order valence-electron chi connectivity index (χ3n) is 3.97. The molecule has 0 aromatic carbocycles. The second-order valence-corrected chi connectivity index (χ2v) is 5.92. The summed E-state index contributed by atoms with van der Waals surface area (Å²) in [5.41, 5.74) is 2.39. The molecular weight excluding hydrogens is 284 g/mol. The summed E-state index contributed by atoms with van der Waals surface area (Å²) in [6.07, 6.45) is 19.5. The van der Waals surface area contributed by atoms with E-state index in [0.29, 0.717) is 0 Å². The van der Waals surface area contributed by atoms with Crippen molar-refractivity contribution >= 4 is 0 Å². The highest BCUT2D eigenvalue weighted by atomic mass is 15.4. The van der Waals surface area contributed by atoms with Crippen LogP contribution in [-0.2, 0) is 6.54 Å². The molecule has 2 heterocycles. The summed E-state index contributed by atoms with van der Waals surface area (Å²) in [7, 11) is 0. The summed E-state index contributed by atoms with van der Waals surface area (Å²) in [4.78, 5) is 4.32. The molecule has 2 aromatic rings. The molecule has 0 aliphatic heterocycles. The average Bonchev–Trinajstić information content (AvgIpc) is 3.06. The van der Waals surface area contributed by atoms with E-state index in [1.165, 1.54) is 44.9 Å². The van der Waals surface area contributed by atoms with Crippen molar-refractivity contribution in [2.45, 2.75) is 64.8 Å². The van der Waals surface area contributed by atoms with E-state index in [1.54, 1.807) is 6.20 Å². The van der Waals surface area contributed by atoms with Crippen LogP contribution in [0.1, 0.15) is 63.9 Å². The van der Waals surface area contributed by atoms with Crippen LogP contribution in [0, 0.1) is 12.3 Å². The normalized spacial score (nSPS) is 10.6. The number of rotatable bonds is 10. The topological polar surface area (TPSA) is 43.6 Å². The fourth-order valence-corrected chi connectivity index (χ4v) is 2.56. The number of hydrogen-bond donors (Lipinski definition) is 0. The highest BCUT2D eigenvalue weighted by Gasteiger charge is 2.05. The minimum atomic E-state index is 0.778. The fraction of sp³-hybridized carbons (Fsp3) is 0.526. The van der Waals surface area contributed by atoms with Crippen molar-refractivity contribution in [2.75, 3.05) is 0 Å². The Hall–Kier alpha value is -2.15. The fourth-order valence-electron chi connectivity index (χ4n) is 2.56. The zero-order valence-electron chi connectivity index (χ0n) is 14.0. The molecule has 0 aliphatic carbocycles. The lowest BCUT2D eigenvalue weighted by molar-refractivity contribution is 0.511. The van der Waals surface area contributed by atoms with Crippen molar-refractivity contribution in [1.82, 2.24) is 20.0 Å². The summed E-state index contributed by atoms with van der Waals surface area (Å²) >= 11 is 0. The minimum Gasteiger partial charge on any atom is -0.253 e. The summed E-state index contributed by atoms with van der Waals surface area (Å²) < 4.78 is 1.91. The van der Waals surface area contributed by atoms with E-state index in [9.17, 15) is 0 Å². The predicted molar refractivity (Wildman–Crippen MR) is 93.8 cm³/mol. The second-order valence-electron chi connectivity index (χ2n) is 5.92. The molecule has 2 rings (SSSR count). The molecule has 0 saturated heterocycles. The maximum Gasteiger partial charge on any atom is 0.131 e.